The summed E-state index contributed by atoms with van der Waals surface area (Å²) in [5, 5.41) is 0. The van der Waals surface area contributed by atoms with Gasteiger partial charge in [-0.15, -0.1) is 0 Å². The van der Waals surface area contributed by atoms with Gasteiger partial charge in [-0.2, -0.15) is 0 Å². The molecule has 0 radical (unpaired) electrons. The van der Waals surface area contributed by atoms with Gasteiger partial charge in [-0.25, -0.2) is 0 Å². The lowest BCUT2D eigenvalue weighted by Crippen LogP contribution is -2.35. The third-order valence-corrected chi connectivity index (χ3v) is 10.7. The number of hydrogen-bond acceptors (Lipinski definition) is 2. The fourth-order valence-corrected chi connectivity index (χ4v) is 7.15. The summed E-state index contributed by atoms with van der Waals surface area (Å²) in [6, 6.07) is 0. The SMILES string of the molecule is CCCCCCCCC=CCCCCCCCCOCC(CCCCCCCC[N+](C)(C)C)OCCCCCCCCC=CCCCCCCCC. The molecule has 52 heavy (non-hydrogen) atoms. The summed E-state index contributed by atoms with van der Waals surface area (Å²) in [6.07, 6.45) is 57.2. The largest absolute Gasteiger partial charge is 0.379 e. The van der Waals surface area contributed by atoms with Crippen LogP contribution in [0.5, 0.6) is 0 Å². The molecule has 0 saturated heterocycles. The second-order valence-electron chi connectivity index (χ2n) is 17.4. The highest BCUT2D eigenvalue weighted by Gasteiger charge is 2.10. The molecule has 0 aromatic carbocycles. The van der Waals surface area contributed by atoms with Crippen molar-refractivity contribution in [2.24, 2.45) is 0 Å². The maximum Gasteiger partial charge on any atom is 0.0808 e. The molecule has 0 bridgehead atoms. The molecule has 0 aliphatic carbocycles. The fraction of sp³-hybridized carbons (Fsp3) is 0.918. The zero-order valence-electron chi connectivity index (χ0n) is 36.7. The van der Waals surface area contributed by atoms with Gasteiger partial charge in [0, 0.05) is 13.2 Å². The van der Waals surface area contributed by atoms with Gasteiger partial charge in [0.1, 0.15) is 0 Å². The first-order chi connectivity index (χ1) is 25.5. The van der Waals surface area contributed by atoms with E-state index in [1.54, 1.807) is 0 Å². The molecule has 0 fully saturated rings. The maximum absolute atomic E-state index is 6.44. The third-order valence-electron chi connectivity index (χ3n) is 10.7. The average molecular weight is 733 g/mol. The highest BCUT2D eigenvalue weighted by atomic mass is 16.5. The average Bonchev–Trinajstić information content (AvgIpc) is 3.12. The van der Waals surface area contributed by atoms with Crippen LogP contribution in [-0.4, -0.2) is 58.1 Å². The summed E-state index contributed by atoms with van der Waals surface area (Å²) in [6.45, 7) is 8.49. The van der Waals surface area contributed by atoms with Crippen LogP contribution in [-0.2, 0) is 9.47 Å². The van der Waals surface area contributed by atoms with Gasteiger partial charge in [-0.3, -0.25) is 0 Å². The second kappa shape index (κ2) is 43.1. The molecule has 310 valence electrons. The van der Waals surface area contributed by atoms with Crippen molar-refractivity contribution in [3.8, 4) is 0 Å². The predicted octanol–water partition coefficient (Wildman–Crippen LogP) is 15.9. The zero-order valence-corrected chi connectivity index (χ0v) is 36.7. The van der Waals surface area contributed by atoms with Crippen molar-refractivity contribution in [3.05, 3.63) is 24.3 Å². The lowest BCUT2D eigenvalue weighted by atomic mass is 10.1. The molecule has 0 heterocycles. The fourth-order valence-electron chi connectivity index (χ4n) is 7.15. The van der Waals surface area contributed by atoms with E-state index < -0.39 is 0 Å². The maximum atomic E-state index is 6.44. The molecule has 0 aliphatic heterocycles. The number of nitrogens with zero attached hydrogens (tertiary/aromatic N) is 1. The van der Waals surface area contributed by atoms with Gasteiger partial charge in [-0.05, 0) is 83.5 Å². The summed E-state index contributed by atoms with van der Waals surface area (Å²) in [4.78, 5) is 0. The van der Waals surface area contributed by atoms with E-state index >= 15 is 0 Å². The van der Waals surface area contributed by atoms with Gasteiger partial charge >= 0.3 is 0 Å². The van der Waals surface area contributed by atoms with Crippen LogP contribution < -0.4 is 0 Å². The molecular formula is C49H98NO2+. The van der Waals surface area contributed by atoms with Crippen LogP contribution >= 0.6 is 0 Å². The van der Waals surface area contributed by atoms with Crippen LogP contribution in [0, 0.1) is 0 Å². The van der Waals surface area contributed by atoms with E-state index in [2.05, 4.69) is 59.3 Å². The molecule has 0 aromatic heterocycles. The van der Waals surface area contributed by atoms with Crippen LogP contribution in [0.25, 0.3) is 0 Å². The van der Waals surface area contributed by atoms with Crippen LogP contribution in [0.2, 0.25) is 0 Å². The molecule has 0 aliphatic rings. The molecule has 1 unspecified atom stereocenters. The van der Waals surface area contributed by atoms with Gasteiger partial charge in [0.25, 0.3) is 0 Å². The van der Waals surface area contributed by atoms with Crippen molar-refractivity contribution in [3.63, 3.8) is 0 Å². The molecule has 0 rings (SSSR count). The molecule has 0 N–H and O–H groups in total. The Kier molecular flexibility index (Phi) is 42.6. The van der Waals surface area contributed by atoms with Gasteiger partial charge in [0.05, 0.1) is 40.4 Å². The summed E-state index contributed by atoms with van der Waals surface area (Å²) >= 11 is 0. The first-order valence-electron chi connectivity index (χ1n) is 23.8. The Labute approximate surface area is 329 Å². The lowest BCUT2D eigenvalue weighted by Gasteiger charge is -2.23. The van der Waals surface area contributed by atoms with Gasteiger partial charge in [-0.1, -0.05) is 179 Å². The second-order valence-corrected chi connectivity index (χ2v) is 17.4. The van der Waals surface area contributed by atoms with E-state index in [-0.39, 0.29) is 6.10 Å². The van der Waals surface area contributed by atoms with Gasteiger partial charge in [0.15, 0.2) is 0 Å². The summed E-state index contributed by atoms with van der Waals surface area (Å²) < 4.78 is 13.7. The minimum absolute atomic E-state index is 0.287. The molecule has 0 saturated carbocycles. The number of allylic oxidation sites excluding steroid dienone is 4. The van der Waals surface area contributed by atoms with Crippen LogP contribution in [0.1, 0.15) is 239 Å². The van der Waals surface area contributed by atoms with E-state index in [0.717, 1.165) is 24.3 Å². The quantitative estimate of drug-likeness (QED) is 0.0353. The Hall–Kier alpha value is -0.640. The number of rotatable bonds is 44. The molecule has 0 amide bonds. The normalized spacial score (nSPS) is 12.9. The van der Waals surface area contributed by atoms with Crippen molar-refractivity contribution >= 4 is 0 Å². The van der Waals surface area contributed by atoms with E-state index in [1.807, 2.05) is 0 Å². The van der Waals surface area contributed by atoms with Crippen molar-refractivity contribution in [2.75, 3.05) is 47.5 Å². The number of unbranched alkanes of at least 4 members (excludes halogenated alkanes) is 29. The highest BCUT2D eigenvalue weighted by Crippen LogP contribution is 2.15. The lowest BCUT2D eigenvalue weighted by molar-refractivity contribution is -0.870. The summed E-state index contributed by atoms with van der Waals surface area (Å²) in [7, 11) is 6.91. The van der Waals surface area contributed by atoms with Gasteiger partial charge < -0.3 is 14.0 Å². The molecule has 3 heteroatoms. The van der Waals surface area contributed by atoms with Crippen molar-refractivity contribution in [1.29, 1.82) is 0 Å². The highest BCUT2D eigenvalue weighted by molar-refractivity contribution is 4.82. The van der Waals surface area contributed by atoms with E-state index in [9.17, 15) is 0 Å². The minimum atomic E-state index is 0.287. The Morgan fingerprint density at radius 2 is 0.731 bits per heavy atom. The van der Waals surface area contributed by atoms with Crippen molar-refractivity contribution in [2.45, 2.75) is 245 Å². The summed E-state index contributed by atoms with van der Waals surface area (Å²) in [5.74, 6) is 0. The smallest absolute Gasteiger partial charge is 0.0808 e. The van der Waals surface area contributed by atoms with Crippen LogP contribution in [0.4, 0.5) is 0 Å². The Morgan fingerprint density at radius 3 is 1.15 bits per heavy atom. The Morgan fingerprint density at radius 1 is 0.385 bits per heavy atom. The van der Waals surface area contributed by atoms with Crippen molar-refractivity contribution < 1.29 is 14.0 Å². The van der Waals surface area contributed by atoms with Crippen molar-refractivity contribution in [1.82, 2.24) is 0 Å². The van der Waals surface area contributed by atoms with E-state index in [4.69, 9.17) is 9.47 Å². The van der Waals surface area contributed by atoms with Crippen LogP contribution in [0.3, 0.4) is 0 Å². The monoisotopic (exact) mass is 733 g/mol. The number of hydrogen-bond donors (Lipinski definition) is 0. The third kappa shape index (κ3) is 45.5. The molecule has 0 spiro atoms. The Bertz CT molecular complexity index is 711. The number of quaternary nitrogens is 1. The van der Waals surface area contributed by atoms with E-state index in [0.29, 0.717) is 0 Å². The minimum Gasteiger partial charge on any atom is -0.379 e. The predicted molar refractivity (Wildman–Crippen MR) is 235 cm³/mol. The first-order valence-corrected chi connectivity index (χ1v) is 23.8. The standard InChI is InChI=1S/C49H98NO2/c1-6-8-10-12-14-16-18-20-22-24-26-28-30-34-38-42-46-51-48-49(44-40-36-32-33-37-41-45-50(3,4)5)52-47-43-39-35-31-29-27-25-23-21-19-17-15-13-11-9-7-2/h20-23,49H,6-19,24-48H2,1-5H3/q+1. The topological polar surface area (TPSA) is 18.5 Å². The zero-order chi connectivity index (χ0) is 37.9. The molecule has 0 aromatic rings. The Balaban J connectivity index is 3.96. The summed E-state index contributed by atoms with van der Waals surface area (Å²) in [5.41, 5.74) is 0. The van der Waals surface area contributed by atoms with E-state index in [1.165, 1.54) is 231 Å². The van der Waals surface area contributed by atoms with Crippen LogP contribution in [0.15, 0.2) is 24.3 Å². The molecule has 3 nitrogen and oxygen atoms in total. The number of ether oxygens (including phenoxy) is 2. The molecular weight excluding hydrogens is 635 g/mol. The first kappa shape index (κ1) is 51.4. The molecule has 1 atom stereocenters. The van der Waals surface area contributed by atoms with Gasteiger partial charge in [0.2, 0.25) is 0 Å².